The van der Waals surface area contributed by atoms with Crippen LogP contribution in [0.2, 0.25) is 0 Å². The van der Waals surface area contributed by atoms with E-state index in [2.05, 4.69) is 25.7 Å². The first-order chi connectivity index (χ1) is 11.7. The van der Waals surface area contributed by atoms with E-state index < -0.39 is 0 Å². The van der Waals surface area contributed by atoms with Gasteiger partial charge in [0.15, 0.2) is 5.82 Å². The Morgan fingerprint density at radius 3 is 2.96 bits per heavy atom. The zero-order valence-corrected chi connectivity index (χ0v) is 12.8. The van der Waals surface area contributed by atoms with Crippen molar-refractivity contribution in [1.82, 2.24) is 30.3 Å². The van der Waals surface area contributed by atoms with Crippen LogP contribution >= 0.6 is 0 Å². The van der Waals surface area contributed by atoms with E-state index in [4.69, 9.17) is 0 Å². The minimum Gasteiger partial charge on any atom is -0.343 e. The van der Waals surface area contributed by atoms with Gasteiger partial charge in [0.25, 0.3) is 5.91 Å². The summed E-state index contributed by atoms with van der Waals surface area (Å²) < 4.78 is 15.0. The maximum Gasteiger partial charge on any atom is 0.269 e. The molecule has 0 atom stereocenters. The van der Waals surface area contributed by atoms with Crippen LogP contribution in [0.15, 0.2) is 30.3 Å². The lowest BCUT2D eigenvalue weighted by molar-refractivity contribution is 0.0944. The van der Waals surface area contributed by atoms with Crippen LogP contribution in [0.1, 0.15) is 28.6 Å². The molecule has 0 unspecified atom stereocenters. The van der Waals surface area contributed by atoms with E-state index in [0.29, 0.717) is 17.9 Å². The van der Waals surface area contributed by atoms with Crippen LogP contribution in [0.3, 0.4) is 0 Å². The largest absolute Gasteiger partial charge is 0.343 e. The molecule has 0 spiro atoms. The fourth-order valence-electron chi connectivity index (χ4n) is 2.80. The predicted molar refractivity (Wildman–Crippen MR) is 83.5 cm³/mol. The number of hydrogen-bond donors (Lipinski definition) is 2. The number of benzene rings is 1. The molecule has 7 nitrogen and oxygen atoms in total. The number of fused-ring (bicyclic) bond motifs is 1. The first-order valence-corrected chi connectivity index (χ1v) is 7.71. The molecule has 0 fully saturated rings. The Kier molecular flexibility index (Phi) is 3.56. The molecule has 0 saturated heterocycles. The molecule has 0 radical (unpaired) electrons. The Balaban J connectivity index is 1.44. The standard InChI is InChI=1S/C16H15FN6O/c17-11-5-3-10(4-6-11)12-8-13(20-19-12)16(24)18-9-15-22-21-14-2-1-7-23(14)15/h3-6,8H,1-2,7,9H2,(H,18,24)(H,19,20). The summed E-state index contributed by atoms with van der Waals surface area (Å²) in [5, 5.41) is 17.8. The van der Waals surface area contributed by atoms with Crippen LogP contribution in [-0.4, -0.2) is 30.9 Å². The van der Waals surface area contributed by atoms with Crippen molar-refractivity contribution < 1.29 is 9.18 Å². The van der Waals surface area contributed by atoms with Gasteiger partial charge in [-0.25, -0.2) is 4.39 Å². The molecule has 0 saturated carbocycles. The molecule has 1 aromatic carbocycles. The molecule has 2 N–H and O–H groups in total. The van der Waals surface area contributed by atoms with Crippen molar-refractivity contribution in [2.45, 2.75) is 25.9 Å². The van der Waals surface area contributed by atoms with Crippen LogP contribution in [0.25, 0.3) is 11.3 Å². The highest BCUT2D eigenvalue weighted by molar-refractivity contribution is 5.93. The number of aryl methyl sites for hydroxylation is 1. The van der Waals surface area contributed by atoms with Gasteiger partial charge in [0.2, 0.25) is 0 Å². The minimum atomic E-state index is -0.312. The van der Waals surface area contributed by atoms with E-state index in [1.54, 1.807) is 18.2 Å². The predicted octanol–water partition coefficient (Wildman–Crippen LogP) is 1.68. The smallest absolute Gasteiger partial charge is 0.269 e. The molecule has 1 aliphatic rings. The van der Waals surface area contributed by atoms with Gasteiger partial charge < -0.3 is 9.88 Å². The quantitative estimate of drug-likeness (QED) is 0.763. The highest BCUT2D eigenvalue weighted by atomic mass is 19.1. The number of nitrogens with one attached hydrogen (secondary N) is 2. The molecule has 0 bridgehead atoms. The second-order valence-corrected chi connectivity index (χ2v) is 5.64. The van der Waals surface area contributed by atoms with Crippen molar-refractivity contribution in [3.8, 4) is 11.3 Å². The third-order valence-electron chi connectivity index (χ3n) is 4.06. The maximum absolute atomic E-state index is 13.0. The number of halogens is 1. The van der Waals surface area contributed by atoms with E-state index in [1.807, 2.05) is 4.57 Å². The third kappa shape index (κ3) is 2.66. The lowest BCUT2D eigenvalue weighted by Crippen LogP contribution is -2.25. The third-order valence-corrected chi connectivity index (χ3v) is 4.06. The molecule has 122 valence electrons. The summed E-state index contributed by atoms with van der Waals surface area (Å²) in [6.07, 6.45) is 2.00. The van der Waals surface area contributed by atoms with Gasteiger partial charge in [-0.2, -0.15) is 5.10 Å². The molecule has 2 aromatic heterocycles. The zero-order valence-electron chi connectivity index (χ0n) is 12.8. The number of carbonyl (C=O) groups excluding carboxylic acids is 1. The Bertz CT molecular complexity index is 882. The molecule has 3 aromatic rings. The first kappa shape index (κ1) is 14.6. The summed E-state index contributed by atoms with van der Waals surface area (Å²) in [6.45, 7) is 1.21. The number of carbonyl (C=O) groups is 1. The molecule has 8 heteroatoms. The minimum absolute atomic E-state index is 0.272. The van der Waals surface area contributed by atoms with Gasteiger partial charge in [-0.1, -0.05) is 0 Å². The number of hydrogen-bond acceptors (Lipinski definition) is 4. The van der Waals surface area contributed by atoms with Crippen LogP contribution in [0.5, 0.6) is 0 Å². The molecule has 0 aliphatic carbocycles. The van der Waals surface area contributed by atoms with Gasteiger partial charge in [-0.15, -0.1) is 10.2 Å². The first-order valence-electron chi connectivity index (χ1n) is 7.71. The number of aromatic nitrogens is 5. The lowest BCUT2D eigenvalue weighted by Gasteiger charge is -2.04. The average molecular weight is 326 g/mol. The SMILES string of the molecule is O=C(NCc1nnc2n1CCC2)c1cc(-c2ccc(F)cc2)n[nH]1. The van der Waals surface area contributed by atoms with Gasteiger partial charge in [0, 0.05) is 18.5 Å². The van der Waals surface area contributed by atoms with Crippen molar-refractivity contribution in [3.05, 3.63) is 53.5 Å². The normalized spacial score (nSPS) is 13.0. The fraction of sp³-hybridized carbons (Fsp3) is 0.250. The number of H-pyrrole nitrogens is 1. The second-order valence-electron chi connectivity index (χ2n) is 5.64. The van der Waals surface area contributed by atoms with Gasteiger partial charge in [0.05, 0.1) is 12.2 Å². The summed E-state index contributed by atoms with van der Waals surface area (Å²) >= 11 is 0. The molecule has 1 aliphatic heterocycles. The molecule has 1 amide bonds. The topological polar surface area (TPSA) is 88.5 Å². The highest BCUT2D eigenvalue weighted by Gasteiger charge is 2.18. The second kappa shape index (κ2) is 5.88. The summed E-state index contributed by atoms with van der Waals surface area (Å²) in [6, 6.07) is 7.58. The van der Waals surface area contributed by atoms with E-state index >= 15 is 0 Å². The van der Waals surface area contributed by atoms with Gasteiger partial charge in [-0.05, 0) is 36.8 Å². The van der Waals surface area contributed by atoms with Crippen molar-refractivity contribution >= 4 is 5.91 Å². The fourth-order valence-corrected chi connectivity index (χ4v) is 2.80. The van der Waals surface area contributed by atoms with Gasteiger partial charge in [-0.3, -0.25) is 9.89 Å². The van der Waals surface area contributed by atoms with Gasteiger partial charge >= 0.3 is 0 Å². The Morgan fingerprint density at radius 1 is 1.29 bits per heavy atom. The number of aromatic amines is 1. The summed E-state index contributed by atoms with van der Waals surface area (Å²) in [5.41, 5.74) is 1.67. The van der Waals surface area contributed by atoms with Gasteiger partial charge in [0.1, 0.15) is 17.3 Å². The highest BCUT2D eigenvalue weighted by Crippen LogP contribution is 2.18. The van der Waals surface area contributed by atoms with Crippen molar-refractivity contribution in [2.24, 2.45) is 0 Å². The van der Waals surface area contributed by atoms with Crippen LogP contribution < -0.4 is 5.32 Å². The van der Waals surface area contributed by atoms with E-state index in [0.717, 1.165) is 36.6 Å². The van der Waals surface area contributed by atoms with E-state index in [1.165, 1.54) is 12.1 Å². The monoisotopic (exact) mass is 326 g/mol. The molecular formula is C16H15FN6O. The number of amides is 1. The Hall–Kier alpha value is -3.03. The summed E-state index contributed by atoms with van der Waals surface area (Å²) in [7, 11) is 0. The van der Waals surface area contributed by atoms with Crippen LogP contribution in [-0.2, 0) is 19.5 Å². The number of nitrogens with zero attached hydrogens (tertiary/aromatic N) is 4. The summed E-state index contributed by atoms with van der Waals surface area (Å²) in [4.78, 5) is 12.2. The maximum atomic E-state index is 13.0. The van der Waals surface area contributed by atoms with Crippen molar-refractivity contribution in [1.29, 1.82) is 0 Å². The van der Waals surface area contributed by atoms with Crippen molar-refractivity contribution in [3.63, 3.8) is 0 Å². The van der Waals surface area contributed by atoms with E-state index in [9.17, 15) is 9.18 Å². The Morgan fingerprint density at radius 2 is 2.12 bits per heavy atom. The van der Waals surface area contributed by atoms with Crippen LogP contribution in [0.4, 0.5) is 4.39 Å². The zero-order chi connectivity index (χ0) is 16.5. The van der Waals surface area contributed by atoms with Crippen molar-refractivity contribution in [2.75, 3.05) is 0 Å². The van der Waals surface area contributed by atoms with E-state index in [-0.39, 0.29) is 11.7 Å². The molecule has 3 heterocycles. The molecule has 4 rings (SSSR count). The summed E-state index contributed by atoms with van der Waals surface area (Å²) in [5.74, 6) is 1.15. The molecular weight excluding hydrogens is 311 g/mol. The lowest BCUT2D eigenvalue weighted by atomic mass is 10.1. The Labute approximate surface area is 136 Å². The van der Waals surface area contributed by atoms with Crippen LogP contribution in [0, 0.1) is 5.82 Å². The average Bonchev–Trinajstić information content (AvgIpc) is 3.30. The molecule has 24 heavy (non-hydrogen) atoms. The number of rotatable bonds is 4.